The fourth-order valence-electron chi connectivity index (χ4n) is 1.11. The number of nitrogens with two attached hydrogens (primary N) is 1. The fraction of sp³-hybridized carbons (Fsp3) is 0.364. The zero-order chi connectivity index (χ0) is 11.3. The molecule has 0 aliphatic heterocycles. The van der Waals surface area contributed by atoms with Crippen LogP contribution in [0.1, 0.15) is 25.3 Å². The maximum Gasteiger partial charge on any atom is 0.122 e. The number of nitrogens with one attached hydrogen (secondary N) is 1. The van der Waals surface area contributed by atoms with E-state index in [-0.39, 0.29) is 5.84 Å². The van der Waals surface area contributed by atoms with Crippen LogP contribution in [-0.2, 0) is 0 Å². The molecule has 1 aromatic carbocycles. The Morgan fingerprint density at radius 1 is 1.53 bits per heavy atom. The van der Waals surface area contributed by atoms with Crippen molar-refractivity contribution < 1.29 is 0 Å². The van der Waals surface area contributed by atoms with Gasteiger partial charge in [-0.3, -0.25) is 5.41 Å². The van der Waals surface area contributed by atoms with Gasteiger partial charge in [0.25, 0.3) is 0 Å². The first-order valence-electron chi connectivity index (χ1n) is 4.92. The Morgan fingerprint density at radius 3 is 2.80 bits per heavy atom. The number of hydrogen-bond acceptors (Lipinski definition) is 2. The van der Waals surface area contributed by atoms with Gasteiger partial charge in [-0.15, -0.1) is 11.8 Å². The van der Waals surface area contributed by atoms with E-state index in [2.05, 4.69) is 6.92 Å². The molecule has 0 aliphatic carbocycles. The number of halogens is 1. The van der Waals surface area contributed by atoms with Crippen LogP contribution in [0.25, 0.3) is 0 Å². The molecule has 4 heteroatoms. The van der Waals surface area contributed by atoms with Crippen molar-refractivity contribution in [3.05, 3.63) is 28.8 Å². The lowest BCUT2D eigenvalue weighted by Crippen LogP contribution is -2.10. The van der Waals surface area contributed by atoms with Crippen LogP contribution in [0, 0.1) is 5.41 Å². The quantitative estimate of drug-likeness (QED) is 0.359. The van der Waals surface area contributed by atoms with E-state index in [9.17, 15) is 0 Å². The largest absolute Gasteiger partial charge is 0.384 e. The Kier molecular flexibility index (Phi) is 4.99. The highest BCUT2D eigenvalue weighted by Gasteiger charge is 2.03. The predicted molar refractivity (Wildman–Crippen MR) is 68.1 cm³/mol. The van der Waals surface area contributed by atoms with E-state index in [0.717, 1.165) is 10.6 Å². The normalized spacial score (nSPS) is 10.3. The van der Waals surface area contributed by atoms with Gasteiger partial charge in [-0.05, 0) is 24.3 Å². The van der Waals surface area contributed by atoms with Gasteiger partial charge in [-0.1, -0.05) is 31.0 Å². The molecule has 0 unspecified atom stereocenters. The molecule has 0 saturated carbocycles. The van der Waals surface area contributed by atoms with Crippen LogP contribution < -0.4 is 5.73 Å². The standard InChI is InChI=1S/C11H15ClN2S/c1-2-3-6-15-10-5-4-8(11(13)14)7-9(10)12/h4-5,7H,2-3,6H2,1H3,(H3,13,14). The summed E-state index contributed by atoms with van der Waals surface area (Å²) in [5, 5.41) is 7.97. The third kappa shape index (κ3) is 3.76. The first-order valence-corrected chi connectivity index (χ1v) is 6.28. The van der Waals surface area contributed by atoms with Gasteiger partial charge in [-0.25, -0.2) is 0 Å². The van der Waals surface area contributed by atoms with Gasteiger partial charge in [0.15, 0.2) is 0 Å². The van der Waals surface area contributed by atoms with Crippen molar-refractivity contribution in [1.29, 1.82) is 5.41 Å². The second kappa shape index (κ2) is 6.03. The molecule has 0 saturated heterocycles. The summed E-state index contributed by atoms with van der Waals surface area (Å²) in [6.07, 6.45) is 2.38. The molecule has 0 amide bonds. The first kappa shape index (κ1) is 12.4. The number of nitrogen functional groups attached to an aromatic ring is 1. The molecule has 3 N–H and O–H groups in total. The van der Waals surface area contributed by atoms with Crippen LogP contribution in [-0.4, -0.2) is 11.6 Å². The van der Waals surface area contributed by atoms with Gasteiger partial charge in [0.2, 0.25) is 0 Å². The van der Waals surface area contributed by atoms with Crippen LogP contribution in [0.3, 0.4) is 0 Å². The smallest absolute Gasteiger partial charge is 0.122 e. The number of benzene rings is 1. The van der Waals surface area contributed by atoms with E-state index in [0.29, 0.717) is 10.6 Å². The van der Waals surface area contributed by atoms with Gasteiger partial charge < -0.3 is 5.73 Å². The molecule has 0 heterocycles. The second-order valence-corrected chi connectivity index (χ2v) is 4.80. The lowest BCUT2D eigenvalue weighted by Gasteiger charge is -2.05. The molecule has 82 valence electrons. The number of thioether (sulfide) groups is 1. The molecule has 2 nitrogen and oxygen atoms in total. The molecule has 1 rings (SSSR count). The zero-order valence-electron chi connectivity index (χ0n) is 8.72. The zero-order valence-corrected chi connectivity index (χ0v) is 10.3. The summed E-state index contributed by atoms with van der Waals surface area (Å²) in [6, 6.07) is 5.51. The van der Waals surface area contributed by atoms with Crippen molar-refractivity contribution >= 4 is 29.2 Å². The lowest BCUT2D eigenvalue weighted by molar-refractivity contribution is 0.896. The van der Waals surface area contributed by atoms with Crippen molar-refractivity contribution in [3.63, 3.8) is 0 Å². The molecule has 0 aromatic heterocycles. The van der Waals surface area contributed by atoms with Crippen LogP contribution in [0.15, 0.2) is 23.1 Å². The van der Waals surface area contributed by atoms with Gasteiger partial charge in [0, 0.05) is 10.5 Å². The summed E-state index contributed by atoms with van der Waals surface area (Å²) >= 11 is 7.83. The highest BCUT2D eigenvalue weighted by atomic mass is 35.5. The first-order chi connectivity index (χ1) is 7.15. The van der Waals surface area contributed by atoms with Gasteiger partial charge in [0.1, 0.15) is 5.84 Å². The number of hydrogen-bond donors (Lipinski definition) is 2. The van der Waals surface area contributed by atoms with Gasteiger partial charge in [0.05, 0.1) is 5.02 Å². The predicted octanol–water partition coefficient (Wildman–Crippen LogP) is 3.52. The van der Waals surface area contributed by atoms with Crippen LogP contribution >= 0.6 is 23.4 Å². The van der Waals surface area contributed by atoms with Crippen LogP contribution in [0.2, 0.25) is 5.02 Å². The molecule has 0 spiro atoms. The monoisotopic (exact) mass is 242 g/mol. The van der Waals surface area contributed by atoms with E-state index >= 15 is 0 Å². The van der Waals surface area contributed by atoms with Gasteiger partial charge in [-0.2, -0.15) is 0 Å². The highest BCUT2D eigenvalue weighted by Crippen LogP contribution is 2.28. The number of unbranched alkanes of at least 4 members (excludes halogenated alkanes) is 1. The Hall–Kier alpha value is -0.670. The van der Waals surface area contributed by atoms with Crippen molar-refractivity contribution in [2.24, 2.45) is 5.73 Å². The maximum absolute atomic E-state index is 7.28. The van der Waals surface area contributed by atoms with Crippen molar-refractivity contribution in [1.82, 2.24) is 0 Å². The number of rotatable bonds is 5. The molecule has 0 aliphatic rings. The molecule has 0 bridgehead atoms. The molecule has 0 fully saturated rings. The summed E-state index contributed by atoms with van der Waals surface area (Å²) in [4.78, 5) is 1.06. The average molecular weight is 243 g/mol. The minimum Gasteiger partial charge on any atom is -0.384 e. The molecular weight excluding hydrogens is 228 g/mol. The average Bonchev–Trinajstić information content (AvgIpc) is 2.20. The summed E-state index contributed by atoms with van der Waals surface area (Å²) in [7, 11) is 0. The topological polar surface area (TPSA) is 49.9 Å². The second-order valence-electron chi connectivity index (χ2n) is 3.26. The van der Waals surface area contributed by atoms with Crippen LogP contribution in [0.4, 0.5) is 0 Å². The lowest BCUT2D eigenvalue weighted by atomic mass is 10.2. The summed E-state index contributed by atoms with van der Waals surface area (Å²) in [6.45, 7) is 2.17. The Morgan fingerprint density at radius 2 is 2.27 bits per heavy atom. The molecule has 0 radical (unpaired) electrons. The van der Waals surface area contributed by atoms with Gasteiger partial charge >= 0.3 is 0 Å². The SMILES string of the molecule is CCCCSc1ccc(C(=N)N)cc1Cl. The van der Waals surface area contributed by atoms with E-state index in [4.69, 9.17) is 22.7 Å². The third-order valence-corrected chi connectivity index (χ3v) is 3.58. The van der Waals surface area contributed by atoms with E-state index in [1.807, 2.05) is 12.1 Å². The Labute approximate surface area is 99.7 Å². The fourth-order valence-corrected chi connectivity index (χ4v) is 2.47. The third-order valence-electron chi connectivity index (χ3n) is 2.00. The molecule has 15 heavy (non-hydrogen) atoms. The Balaban J connectivity index is 2.70. The maximum atomic E-state index is 7.28. The highest BCUT2D eigenvalue weighted by molar-refractivity contribution is 7.99. The van der Waals surface area contributed by atoms with Crippen molar-refractivity contribution in [3.8, 4) is 0 Å². The molecule has 1 aromatic rings. The van der Waals surface area contributed by atoms with Crippen LogP contribution in [0.5, 0.6) is 0 Å². The Bertz CT molecular complexity index is 352. The van der Waals surface area contributed by atoms with E-state index in [1.54, 1.807) is 17.8 Å². The summed E-state index contributed by atoms with van der Waals surface area (Å²) < 4.78 is 0. The van der Waals surface area contributed by atoms with E-state index in [1.165, 1.54) is 12.8 Å². The summed E-state index contributed by atoms with van der Waals surface area (Å²) in [5.74, 6) is 1.14. The summed E-state index contributed by atoms with van der Waals surface area (Å²) in [5.41, 5.74) is 6.05. The number of amidine groups is 1. The molecule has 0 atom stereocenters. The van der Waals surface area contributed by atoms with E-state index < -0.39 is 0 Å². The minimum absolute atomic E-state index is 0.0574. The van der Waals surface area contributed by atoms with Crippen molar-refractivity contribution in [2.75, 3.05) is 5.75 Å². The minimum atomic E-state index is 0.0574. The van der Waals surface area contributed by atoms with Crippen molar-refractivity contribution in [2.45, 2.75) is 24.7 Å². The molecular formula is C11H15ClN2S.